The minimum Gasteiger partial charge on any atom is -0.120 e. The fraction of sp³-hybridized carbons (Fsp3) is 0.667. The van der Waals surface area contributed by atoms with Crippen molar-refractivity contribution in [3.05, 3.63) is 0 Å². The largest absolute Gasteiger partial charge is 0.120 e. The summed E-state index contributed by atoms with van der Waals surface area (Å²) in [6, 6.07) is 0. The smallest absolute Gasteiger partial charge is 0.0352 e. The molecule has 0 aromatic rings. The van der Waals surface area contributed by atoms with Crippen molar-refractivity contribution in [3.8, 4) is 12.3 Å². The molecule has 0 aromatic heterocycles. The molecule has 0 saturated heterocycles. The molecule has 0 aliphatic rings. The van der Waals surface area contributed by atoms with Crippen LogP contribution in [0.25, 0.3) is 0 Å². The lowest BCUT2D eigenvalue weighted by Gasteiger charge is -2.10. The lowest BCUT2D eigenvalue weighted by Crippen LogP contribution is -2.07. The number of alkyl halides is 1. The first-order chi connectivity index (χ1) is 3.12. The van der Waals surface area contributed by atoms with E-state index in [1.807, 2.05) is 13.8 Å². The third-order valence-corrected chi connectivity index (χ3v) is 2.13. The SMILES string of the molecule is C#CC(C)(C)CBr. The zero-order chi connectivity index (χ0) is 5.91. The summed E-state index contributed by atoms with van der Waals surface area (Å²) >= 11 is 3.29. The summed E-state index contributed by atoms with van der Waals surface area (Å²) < 4.78 is 0. The number of halogens is 1. The molecule has 0 atom stereocenters. The molecule has 40 valence electrons. The lowest BCUT2D eigenvalue weighted by atomic mass is 9.99. The van der Waals surface area contributed by atoms with Crippen molar-refractivity contribution >= 4 is 15.9 Å². The van der Waals surface area contributed by atoms with Crippen LogP contribution in [-0.2, 0) is 0 Å². The Labute approximate surface area is 53.4 Å². The van der Waals surface area contributed by atoms with Crippen LogP contribution in [0.15, 0.2) is 0 Å². The summed E-state index contributed by atoms with van der Waals surface area (Å²) in [5, 5.41) is 0.872. The fourth-order valence-corrected chi connectivity index (χ4v) is 0.200. The Morgan fingerprint density at radius 1 is 1.71 bits per heavy atom. The maximum absolute atomic E-state index is 5.14. The Kier molecular flexibility index (Phi) is 2.39. The van der Waals surface area contributed by atoms with Gasteiger partial charge in [0, 0.05) is 10.7 Å². The van der Waals surface area contributed by atoms with Crippen molar-refractivity contribution in [2.75, 3.05) is 5.33 Å². The van der Waals surface area contributed by atoms with E-state index in [-0.39, 0.29) is 5.41 Å². The van der Waals surface area contributed by atoms with Gasteiger partial charge in [0.15, 0.2) is 0 Å². The van der Waals surface area contributed by atoms with E-state index in [9.17, 15) is 0 Å². The minimum absolute atomic E-state index is 0.0278. The molecule has 0 nitrogen and oxygen atoms in total. The van der Waals surface area contributed by atoms with Gasteiger partial charge in [0.05, 0.1) is 0 Å². The van der Waals surface area contributed by atoms with Gasteiger partial charge in [-0.2, -0.15) is 0 Å². The monoisotopic (exact) mass is 160 g/mol. The van der Waals surface area contributed by atoms with Gasteiger partial charge in [0.1, 0.15) is 0 Å². The summed E-state index contributed by atoms with van der Waals surface area (Å²) in [7, 11) is 0. The molecule has 0 N–H and O–H groups in total. The first-order valence-corrected chi connectivity index (χ1v) is 3.28. The van der Waals surface area contributed by atoms with Crippen molar-refractivity contribution < 1.29 is 0 Å². The van der Waals surface area contributed by atoms with Crippen LogP contribution in [0.3, 0.4) is 0 Å². The van der Waals surface area contributed by atoms with Crippen LogP contribution < -0.4 is 0 Å². The first kappa shape index (κ1) is 7.04. The molecule has 0 spiro atoms. The Bertz CT molecular complexity index is 86.8. The van der Waals surface area contributed by atoms with Gasteiger partial charge in [-0.1, -0.05) is 21.9 Å². The average molecular weight is 161 g/mol. The summed E-state index contributed by atoms with van der Waals surface area (Å²) in [6.45, 7) is 4.03. The van der Waals surface area contributed by atoms with Crippen LogP contribution in [0.2, 0.25) is 0 Å². The van der Waals surface area contributed by atoms with E-state index in [1.54, 1.807) is 0 Å². The van der Waals surface area contributed by atoms with E-state index in [0.29, 0.717) is 0 Å². The van der Waals surface area contributed by atoms with E-state index in [0.717, 1.165) is 5.33 Å². The Hall–Kier alpha value is 0.0400. The van der Waals surface area contributed by atoms with E-state index >= 15 is 0 Å². The van der Waals surface area contributed by atoms with Crippen molar-refractivity contribution in [2.45, 2.75) is 13.8 Å². The van der Waals surface area contributed by atoms with E-state index in [4.69, 9.17) is 6.42 Å². The van der Waals surface area contributed by atoms with Crippen LogP contribution >= 0.6 is 15.9 Å². The van der Waals surface area contributed by atoms with Crippen molar-refractivity contribution in [3.63, 3.8) is 0 Å². The molecule has 0 bridgehead atoms. The highest BCUT2D eigenvalue weighted by molar-refractivity contribution is 9.09. The van der Waals surface area contributed by atoms with Crippen LogP contribution in [0.5, 0.6) is 0 Å². The highest BCUT2D eigenvalue weighted by Crippen LogP contribution is 2.14. The molecular weight excluding hydrogens is 152 g/mol. The fourth-order valence-electron chi connectivity index (χ4n) is 0.0386. The molecule has 1 heteroatoms. The summed E-state index contributed by atoms with van der Waals surface area (Å²) in [5.74, 6) is 2.64. The predicted molar refractivity (Wildman–Crippen MR) is 36.4 cm³/mol. The average Bonchev–Trinajstić information content (AvgIpc) is 1.68. The number of rotatable bonds is 1. The van der Waals surface area contributed by atoms with E-state index < -0.39 is 0 Å². The molecule has 0 heterocycles. The molecule has 0 radical (unpaired) electrons. The zero-order valence-electron chi connectivity index (χ0n) is 4.66. The number of terminal acetylenes is 1. The quantitative estimate of drug-likeness (QED) is 0.407. The van der Waals surface area contributed by atoms with Crippen molar-refractivity contribution in [1.82, 2.24) is 0 Å². The minimum atomic E-state index is 0.0278. The molecule has 0 amide bonds. The molecule has 0 rings (SSSR count). The van der Waals surface area contributed by atoms with Crippen LogP contribution in [0, 0.1) is 17.8 Å². The van der Waals surface area contributed by atoms with Gasteiger partial charge in [-0.15, -0.1) is 6.42 Å². The topological polar surface area (TPSA) is 0 Å². The molecular formula is C6H9Br. The van der Waals surface area contributed by atoms with Crippen molar-refractivity contribution in [1.29, 1.82) is 0 Å². The van der Waals surface area contributed by atoms with Crippen LogP contribution in [0.4, 0.5) is 0 Å². The van der Waals surface area contributed by atoms with Gasteiger partial charge in [0.2, 0.25) is 0 Å². The molecule has 0 unspecified atom stereocenters. The van der Waals surface area contributed by atoms with Gasteiger partial charge in [-0.05, 0) is 13.8 Å². The molecule has 0 aliphatic heterocycles. The van der Waals surface area contributed by atoms with Gasteiger partial charge in [-0.25, -0.2) is 0 Å². The lowest BCUT2D eigenvalue weighted by molar-refractivity contribution is 0.589. The third kappa shape index (κ3) is 2.70. The van der Waals surface area contributed by atoms with Crippen LogP contribution in [-0.4, -0.2) is 5.33 Å². The molecule has 7 heavy (non-hydrogen) atoms. The predicted octanol–water partition coefficient (Wildman–Crippen LogP) is 2.04. The molecule has 0 fully saturated rings. The number of hydrogen-bond acceptors (Lipinski definition) is 0. The highest BCUT2D eigenvalue weighted by atomic mass is 79.9. The van der Waals surface area contributed by atoms with Gasteiger partial charge in [0.25, 0.3) is 0 Å². The van der Waals surface area contributed by atoms with Crippen LogP contribution in [0.1, 0.15) is 13.8 Å². The molecule has 0 saturated carbocycles. The summed E-state index contributed by atoms with van der Waals surface area (Å²) in [5.41, 5.74) is 0.0278. The zero-order valence-corrected chi connectivity index (χ0v) is 6.25. The van der Waals surface area contributed by atoms with Gasteiger partial charge >= 0.3 is 0 Å². The van der Waals surface area contributed by atoms with Gasteiger partial charge < -0.3 is 0 Å². The van der Waals surface area contributed by atoms with Gasteiger partial charge in [-0.3, -0.25) is 0 Å². The normalized spacial score (nSPS) is 10.6. The Morgan fingerprint density at radius 3 is 2.14 bits per heavy atom. The Morgan fingerprint density at radius 2 is 2.14 bits per heavy atom. The number of hydrogen-bond donors (Lipinski definition) is 0. The summed E-state index contributed by atoms with van der Waals surface area (Å²) in [4.78, 5) is 0. The van der Waals surface area contributed by atoms with Crippen molar-refractivity contribution in [2.24, 2.45) is 5.41 Å². The third-order valence-electron chi connectivity index (χ3n) is 0.725. The molecule has 0 aromatic carbocycles. The van der Waals surface area contributed by atoms with E-state index in [2.05, 4.69) is 21.9 Å². The Balaban J connectivity index is 3.66. The maximum atomic E-state index is 5.14. The standard InChI is InChI=1S/C6H9Br/c1-4-6(2,3)5-7/h1H,5H2,2-3H3. The second-order valence-electron chi connectivity index (χ2n) is 2.16. The second kappa shape index (κ2) is 2.37. The molecule has 0 aliphatic carbocycles. The first-order valence-electron chi connectivity index (χ1n) is 2.16. The highest BCUT2D eigenvalue weighted by Gasteiger charge is 2.09. The second-order valence-corrected chi connectivity index (χ2v) is 2.72. The maximum Gasteiger partial charge on any atom is 0.0352 e. The van der Waals surface area contributed by atoms with E-state index in [1.165, 1.54) is 0 Å². The summed E-state index contributed by atoms with van der Waals surface area (Å²) in [6.07, 6.45) is 5.14.